The molecule has 2 aromatic rings. The van der Waals surface area contributed by atoms with Crippen LogP contribution in [0.3, 0.4) is 0 Å². The molecule has 2 N–H and O–H groups in total. The van der Waals surface area contributed by atoms with E-state index in [2.05, 4.69) is 20.8 Å². The van der Waals surface area contributed by atoms with Crippen LogP contribution in [0.25, 0.3) is 0 Å². The fraction of sp³-hybridized carbons (Fsp3) is 0.444. The molecule has 27 heavy (non-hydrogen) atoms. The molecule has 0 atom stereocenters. The number of sulfone groups is 1. The number of aromatic nitrogens is 1. The van der Waals surface area contributed by atoms with Gasteiger partial charge in [0, 0.05) is 18.9 Å². The molecule has 0 amide bonds. The monoisotopic (exact) mass is 506 g/mol. The Kier molecular flexibility index (Phi) is 9.23. The number of benzene rings is 1. The quantitative estimate of drug-likeness (QED) is 0.341. The molecule has 0 aliphatic carbocycles. The van der Waals surface area contributed by atoms with Crippen LogP contribution in [0.5, 0.6) is 0 Å². The standard InChI is InChI=1S/C18H26N4O3S.HI/c1-5-15-10-16(25-22-15)12-21-18(19-6-2)20-11-14-7-8-17(13(3)9-14)26(4,23)24;/h7-10H,5-6,11-12H2,1-4H3,(H2,19,20,21);1H. The third-order valence-electron chi connectivity index (χ3n) is 3.80. The average molecular weight is 506 g/mol. The van der Waals surface area contributed by atoms with Crippen molar-refractivity contribution in [3.05, 3.63) is 46.8 Å². The summed E-state index contributed by atoms with van der Waals surface area (Å²) in [6, 6.07) is 7.20. The van der Waals surface area contributed by atoms with Crippen molar-refractivity contribution in [1.29, 1.82) is 0 Å². The average Bonchev–Trinajstić information content (AvgIpc) is 3.04. The van der Waals surface area contributed by atoms with E-state index in [0.29, 0.717) is 23.9 Å². The van der Waals surface area contributed by atoms with Gasteiger partial charge in [0.2, 0.25) is 0 Å². The molecule has 0 radical (unpaired) electrons. The molecule has 0 spiro atoms. The fourth-order valence-electron chi connectivity index (χ4n) is 2.51. The molecule has 0 aliphatic heterocycles. The summed E-state index contributed by atoms with van der Waals surface area (Å²) < 4.78 is 28.7. The summed E-state index contributed by atoms with van der Waals surface area (Å²) in [7, 11) is -3.21. The second-order valence-electron chi connectivity index (χ2n) is 6.06. The third kappa shape index (κ3) is 7.13. The van der Waals surface area contributed by atoms with Gasteiger partial charge in [-0.2, -0.15) is 0 Å². The summed E-state index contributed by atoms with van der Waals surface area (Å²) in [5, 5.41) is 10.3. The molecule has 2 rings (SSSR count). The van der Waals surface area contributed by atoms with Gasteiger partial charge < -0.3 is 15.2 Å². The van der Waals surface area contributed by atoms with Crippen LogP contribution in [0.2, 0.25) is 0 Å². The van der Waals surface area contributed by atoms with Crippen LogP contribution < -0.4 is 10.6 Å². The van der Waals surface area contributed by atoms with Crippen LogP contribution in [-0.4, -0.2) is 32.3 Å². The molecule has 0 unspecified atom stereocenters. The highest BCUT2D eigenvalue weighted by Gasteiger charge is 2.11. The molecular formula is C18H27IN4O3S. The Morgan fingerprint density at radius 1 is 1.22 bits per heavy atom. The number of aliphatic imine (C=N–C) groups is 1. The van der Waals surface area contributed by atoms with Crippen LogP contribution in [0, 0.1) is 6.92 Å². The lowest BCUT2D eigenvalue weighted by molar-refractivity contribution is 0.374. The minimum Gasteiger partial charge on any atom is -0.359 e. The Labute approximate surface area is 178 Å². The van der Waals surface area contributed by atoms with E-state index in [1.54, 1.807) is 19.1 Å². The van der Waals surface area contributed by atoms with E-state index in [1.165, 1.54) is 6.26 Å². The number of guanidine groups is 1. The maximum Gasteiger partial charge on any atom is 0.191 e. The first kappa shape index (κ1) is 23.4. The number of nitrogens with one attached hydrogen (secondary N) is 2. The van der Waals surface area contributed by atoms with E-state index in [-0.39, 0.29) is 24.0 Å². The van der Waals surface area contributed by atoms with Gasteiger partial charge >= 0.3 is 0 Å². The van der Waals surface area contributed by atoms with Gasteiger partial charge in [-0.1, -0.05) is 24.2 Å². The second kappa shape index (κ2) is 10.6. The van der Waals surface area contributed by atoms with E-state index < -0.39 is 9.84 Å². The molecule has 1 aromatic carbocycles. The molecule has 150 valence electrons. The molecule has 1 heterocycles. The SMILES string of the molecule is CCNC(=NCc1ccc(S(C)(=O)=O)c(C)c1)NCc1cc(CC)no1.I. The van der Waals surface area contributed by atoms with Crippen molar-refractivity contribution in [2.24, 2.45) is 4.99 Å². The summed E-state index contributed by atoms with van der Waals surface area (Å²) in [5.41, 5.74) is 2.59. The maximum absolute atomic E-state index is 11.7. The highest BCUT2D eigenvalue weighted by atomic mass is 127. The van der Waals surface area contributed by atoms with Crippen molar-refractivity contribution in [3.63, 3.8) is 0 Å². The Balaban J connectivity index is 0.00000364. The second-order valence-corrected chi connectivity index (χ2v) is 8.04. The smallest absolute Gasteiger partial charge is 0.191 e. The summed E-state index contributed by atoms with van der Waals surface area (Å²) in [4.78, 5) is 4.90. The lowest BCUT2D eigenvalue weighted by Crippen LogP contribution is -2.36. The molecule has 9 heteroatoms. The molecular weight excluding hydrogens is 479 g/mol. The van der Waals surface area contributed by atoms with Crippen LogP contribution in [0.15, 0.2) is 38.7 Å². The van der Waals surface area contributed by atoms with Crippen molar-refractivity contribution < 1.29 is 12.9 Å². The number of hydrogen-bond donors (Lipinski definition) is 2. The fourth-order valence-corrected chi connectivity index (χ4v) is 3.47. The summed E-state index contributed by atoms with van der Waals surface area (Å²) in [5.74, 6) is 1.41. The zero-order chi connectivity index (χ0) is 19.2. The van der Waals surface area contributed by atoms with E-state index in [9.17, 15) is 8.42 Å². The van der Waals surface area contributed by atoms with Gasteiger partial charge in [0.25, 0.3) is 0 Å². The van der Waals surface area contributed by atoms with Gasteiger partial charge in [-0.25, -0.2) is 13.4 Å². The first-order valence-corrected chi connectivity index (χ1v) is 10.5. The van der Waals surface area contributed by atoms with E-state index >= 15 is 0 Å². The predicted octanol–water partition coefficient (Wildman–Crippen LogP) is 2.82. The van der Waals surface area contributed by atoms with Crippen LogP contribution in [0.1, 0.15) is 36.4 Å². The minimum atomic E-state index is -3.21. The lowest BCUT2D eigenvalue weighted by Gasteiger charge is -2.10. The highest BCUT2D eigenvalue weighted by Crippen LogP contribution is 2.17. The lowest BCUT2D eigenvalue weighted by atomic mass is 10.1. The van der Waals surface area contributed by atoms with Crippen molar-refractivity contribution in [2.75, 3.05) is 12.8 Å². The summed E-state index contributed by atoms with van der Waals surface area (Å²) >= 11 is 0. The zero-order valence-corrected chi connectivity index (χ0v) is 19.2. The van der Waals surface area contributed by atoms with Gasteiger partial charge in [0.15, 0.2) is 21.6 Å². The van der Waals surface area contributed by atoms with Gasteiger partial charge in [-0.15, -0.1) is 24.0 Å². The number of nitrogens with zero attached hydrogens (tertiary/aromatic N) is 2. The van der Waals surface area contributed by atoms with Gasteiger partial charge in [-0.05, 0) is 37.5 Å². The number of halogens is 1. The molecule has 0 saturated carbocycles. The molecule has 1 aromatic heterocycles. The Morgan fingerprint density at radius 2 is 1.96 bits per heavy atom. The molecule has 0 saturated heterocycles. The van der Waals surface area contributed by atoms with Crippen LogP contribution in [-0.2, 0) is 29.3 Å². The van der Waals surface area contributed by atoms with E-state index in [4.69, 9.17) is 4.52 Å². The summed E-state index contributed by atoms with van der Waals surface area (Å²) in [6.45, 7) is 7.47. The van der Waals surface area contributed by atoms with Crippen molar-refractivity contribution in [3.8, 4) is 0 Å². The van der Waals surface area contributed by atoms with Crippen molar-refractivity contribution in [1.82, 2.24) is 15.8 Å². The van der Waals surface area contributed by atoms with Crippen molar-refractivity contribution in [2.45, 2.75) is 45.2 Å². The zero-order valence-electron chi connectivity index (χ0n) is 16.1. The van der Waals surface area contributed by atoms with E-state index in [0.717, 1.165) is 35.5 Å². The first-order valence-electron chi connectivity index (χ1n) is 8.59. The Morgan fingerprint density at radius 3 is 2.52 bits per heavy atom. The maximum atomic E-state index is 11.7. The molecule has 0 fully saturated rings. The highest BCUT2D eigenvalue weighted by molar-refractivity contribution is 14.0. The van der Waals surface area contributed by atoms with Gasteiger partial charge in [-0.3, -0.25) is 0 Å². The summed E-state index contributed by atoms with van der Waals surface area (Å²) in [6.07, 6.45) is 2.05. The molecule has 7 nitrogen and oxygen atoms in total. The van der Waals surface area contributed by atoms with Crippen molar-refractivity contribution >= 4 is 39.8 Å². The topological polar surface area (TPSA) is 96.6 Å². The van der Waals surface area contributed by atoms with Gasteiger partial charge in [0.1, 0.15) is 0 Å². The largest absolute Gasteiger partial charge is 0.359 e. The predicted molar refractivity (Wildman–Crippen MR) is 117 cm³/mol. The van der Waals surface area contributed by atoms with Crippen LogP contribution >= 0.6 is 24.0 Å². The minimum absolute atomic E-state index is 0. The Hall–Kier alpha value is -1.62. The first-order chi connectivity index (χ1) is 12.3. The van der Waals surface area contributed by atoms with E-state index in [1.807, 2.05) is 26.0 Å². The Bertz CT molecular complexity index is 878. The molecule has 0 bridgehead atoms. The number of rotatable bonds is 7. The normalized spacial score (nSPS) is 11.8. The molecule has 0 aliphatic rings. The third-order valence-corrected chi connectivity index (χ3v) is 5.06. The number of aryl methyl sites for hydroxylation is 2. The van der Waals surface area contributed by atoms with Gasteiger partial charge in [0.05, 0.1) is 23.7 Å². The van der Waals surface area contributed by atoms with Crippen LogP contribution in [0.4, 0.5) is 0 Å². The number of hydrogen-bond acceptors (Lipinski definition) is 5.